The number of H-pyrrole nitrogens is 1. The van der Waals surface area contributed by atoms with Crippen molar-refractivity contribution in [2.75, 3.05) is 5.32 Å². The fourth-order valence-corrected chi connectivity index (χ4v) is 2.74. The smallest absolute Gasteiger partial charge is 0.230 e. The average Bonchev–Trinajstić information content (AvgIpc) is 3.37. The van der Waals surface area contributed by atoms with E-state index in [1.807, 2.05) is 6.07 Å². The molecule has 4 rings (SSSR count). The molecule has 0 unspecified atom stereocenters. The van der Waals surface area contributed by atoms with Crippen LogP contribution in [0.1, 0.15) is 40.6 Å². The molecule has 0 spiro atoms. The second-order valence-electron chi connectivity index (χ2n) is 5.83. The van der Waals surface area contributed by atoms with E-state index in [2.05, 4.69) is 25.5 Å². The Balaban J connectivity index is 1.55. The zero-order valence-electron chi connectivity index (χ0n) is 13.0. The molecule has 25 heavy (non-hydrogen) atoms. The van der Waals surface area contributed by atoms with Crippen LogP contribution in [0.2, 0.25) is 10.0 Å². The summed E-state index contributed by atoms with van der Waals surface area (Å²) in [5.41, 5.74) is 1.49. The first kappa shape index (κ1) is 16.1. The Hall–Kier alpha value is -2.44. The van der Waals surface area contributed by atoms with Gasteiger partial charge in [-0.2, -0.15) is 5.10 Å². The van der Waals surface area contributed by atoms with Crippen LogP contribution in [0, 0.1) is 0 Å². The lowest BCUT2D eigenvalue weighted by atomic mass is 10.1. The van der Waals surface area contributed by atoms with Crippen LogP contribution < -0.4 is 5.32 Å². The third-order valence-corrected chi connectivity index (χ3v) is 4.65. The number of hydrogen-bond donors (Lipinski definition) is 2. The van der Waals surface area contributed by atoms with Crippen molar-refractivity contribution in [1.82, 2.24) is 20.2 Å². The van der Waals surface area contributed by atoms with Crippen LogP contribution in [0.15, 0.2) is 36.5 Å². The molecular weight excluding hydrogens is 361 g/mol. The van der Waals surface area contributed by atoms with Gasteiger partial charge in [0.05, 0.1) is 10.0 Å². The summed E-state index contributed by atoms with van der Waals surface area (Å²) in [4.78, 5) is 20.9. The van der Waals surface area contributed by atoms with Crippen molar-refractivity contribution in [1.29, 1.82) is 0 Å². The van der Waals surface area contributed by atoms with Crippen LogP contribution in [0.4, 0.5) is 11.6 Å². The first-order valence-electron chi connectivity index (χ1n) is 7.75. The lowest BCUT2D eigenvalue weighted by molar-refractivity contribution is 0.102. The molecule has 1 aliphatic rings. The zero-order valence-corrected chi connectivity index (χ0v) is 14.5. The number of rotatable bonds is 5. The van der Waals surface area contributed by atoms with Crippen LogP contribution in [0.25, 0.3) is 0 Å². The minimum absolute atomic E-state index is 0.0707. The predicted molar refractivity (Wildman–Crippen MR) is 95.8 cm³/mol. The molecule has 1 fully saturated rings. The molecule has 6 nitrogen and oxygen atoms in total. The first-order chi connectivity index (χ1) is 12.1. The van der Waals surface area contributed by atoms with Gasteiger partial charge in [0.1, 0.15) is 5.82 Å². The second kappa shape index (κ2) is 6.46. The minimum atomic E-state index is -0.331. The maximum Gasteiger partial charge on any atom is 0.230 e. The standard InChI is InChI=1S/C17H13Cl2N5O/c18-11-4-3-10(7-12(11)19)16(25)17-20-6-5-14(22-17)21-15-8-13(23-24-15)9-1-2-9/h3-9H,1-2H2,(H2,20,21,22,23,24). The summed E-state index contributed by atoms with van der Waals surface area (Å²) in [5, 5.41) is 11.0. The van der Waals surface area contributed by atoms with Gasteiger partial charge in [0.15, 0.2) is 5.82 Å². The number of anilines is 2. The van der Waals surface area contributed by atoms with Crippen LogP contribution in [-0.4, -0.2) is 25.9 Å². The summed E-state index contributed by atoms with van der Waals surface area (Å²) in [6.45, 7) is 0. The molecular formula is C17H13Cl2N5O. The normalized spacial score (nSPS) is 13.7. The second-order valence-corrected chi connectivity index (χ2v) is 6.65. The van der Waals surface area contributed by atoms with Gasteiger partial charge >= 0.3 is 0 Å². The number of halogens is 2. The Bertz CT molecular complexity index is 952. The van der Waals surface area contributed by atoms with E-state index in [0.29, 0.717) is 33.2 Å². The van der Waals surface area contributed by atoms with Crippen molar-refractivity contribution < 1.29 is 4.79 Å². The van der Waals surface area contributed by atoms with Crippen LogP contribution in [-0.2, 0) is 0 Å². The first-order valence-corrected chi connectivity index (χ1v) is 8.51. The fourth-order valence-electron chi connectivity index (χ4n) is 2.44. The lowest BCUT2D eigenvalue weighted by Gasteiger charge is -2.05. The number of nitrogens with zero attached hydrogens (tertiary/aromatic N) is 3. The Morgan fingerprint density at radius 2 is 1.96 bits per heavy atom. The highest BCUT2D eigenvalue weighted by Crippen LogP contribution is 2.39. The summed E-state index contributed by atoms with van der Waals surface area (Å²) < 4.78 is 0. The molecule has 1 saturated carbocycles. The summed E-state index contributed by atoms with van der Waals surface area (Å²) >= 11 is 11.8. The van der Waals surface area contributed by atoms with Crippen molar-refractivity contribution in [2.45, 2.75) is 18.8 Å². The third kappa shape index (κ3) is 3.50. The molecule has 0 aliphatic heterocycles. The number of benzene rings is 1. The molecule has 0 saturated heterocycles. The Labute approximate surface area is 153 Å². The van der Waals surface area contributed by atoms with Crippen LogP contribution >= 0.6 is 23.2 Å². The summed E-state index contributed by atoms with van der Waals surface area (Å²) in [5.74, 6) is 1.48. The maximum atomic E-state index is 12.5. The van der Waals surface area contributed by atoms with Crippen molar-refractivity contribution >= 4 is 40.6 Å². The number of aromatic amines is 1. The number of hydrogen-bond acceptors (Lipinski definition) is 5. The van der Waals surface area contributed by atoms with Gasteiger partial charge in [-0.1, -0.05) is 23.2 Å². The third-order valence-electron chi connectivity index (χ3n) is 3.91. The van der Waals surface area contributed by atoms with Gasteiger partial charge in [-0.15, -0.1) is 0 Å². The molecule has 2 heterocycles. The van der Waals surface area contributed by atoms with E-state index >= 15 is 0 Å². The summed E-state index contributed by atoms with van der Waals surface area (Å²) in [7, 11) is 0. The molecule has 2 aromatic heterocycles. The van der Waals surface area contributed by atoms with Gasteiger partial charge in [0, 0.05) is 29.4 Å². The highest BCUT2D eigenvalue weighted by atomic mass is 35.5. The minimum Gasteiger partial charge on any atom is -0.323 e. The highest BCUT2D eigenvalue weighted by Gasteiger charge is 2.25. The van der Waals surface area contributed by atoms with Crippen LogP contribution in [0.3, 0.4) is 0 Å². The molecule has 8 heteroatoms. The number of carbonyl (C=O) groups is 1. The quantitative estimate of drug-likeness (QED) is 0.649. The van der Waals surface area contributed by atoms with E-state index in [1.54, 1.807) is 18.2 Å². The summed E-state index contributed by atoms with van der Waals surface area (Å²) in [6.07, 6.45) is 3.91. The number of nitrogens with one attached hydrogen (secondary N) is 2. The molecule has 0 radical (unpaired) electrons. The van der Waals surface area contributed by atoms with Crippen molar-refractivity contribution in [3.8, 4) is 0 Å². The monoisotopic (exact) mass is 373 g/mol. The Morgan fingerprint density at radius 1 is 1.12 bits per heavy atom. The lowest BCUT2D eigenvalue weighted by Crippen LogP contribution is -2.08. The van der Waals surface area contributed by atoms with Gasteiger partial charge < -0.3 is 5.32 Å². The summed E-state index contributed by atoms with van der Waals surface area (Å²) in [6, 6.07) is 8.31. The van der Waals surface area contributed by atoms with E-state index in [4.69, 9.17) is 23.2 Å². The van der Waals surface area contributed by atoms with Gasteiger partial charge in [-0.25, -0.2) is 9.97 Å². The largest absolute Gasteiger partial charge is 0.323 e. The molecule has 1 aromatic carbocycles. The van der Waals surface area contributed by atoms with Crippen LogP contribution in [0.5, 0.6) is 0 Å². The SMILES string of the molecule is O=C(c1ccc(Cl)c(Cl)c1)c1nccc(Nc2cc(C3CC3)[nH]n2)n1. The number of carbonyl (C=O) groups excluding carboxylic acids is 1. The predicted octanol–water partition coefficient (Wildman–Crippen LogP) is 4.36. The molecule has 126 valence electrons. The van der Waals surface area contributed by atoms with E-state index in [9.17, 15) is 4.79 Å². The molecule has 2 N–H and O–H groups in total. The van der Waals surface area contributed by atoms with E-state index in [0.717, 1.165) is 5.69 Å². The van der Waals surface area contributed by atoms with Crippen molar-refractivity contribution in [3.63, 3.8) is 0 Å². The van der Waals surface area contributed by atoms with Gasteiger partial charge in [-0.05, 0) is 37.1 Å². The van der Waals surface area contributed by atoms with Crippen molar-refractivity contribution in [2.24, 2.45) is 0 Å². The van der Waals surface area contributed by atoms with E-state index in [-0.39, 0.29) is 11.6 Å². The molecule has 1 aliphatic carbocycles. The topological polar surface area (TPSA) is 83.6 Å². The average molecular weight is 374 g/mol. The number of ketones is 1. The zero-order chi connectivity index (χ0) is 17.4. The molecule has 3 aromatic rings. The van der Waals surface area contributed by atoms with E-state index in [1.165, 1.54) is 25.1 Å². The molecule has 0 amide bonds. The number of aromatic nitrogens is 4. The van der Waals surface area contributed by atoms with E-state index < -0.39 is 0 Å². The van der Waals surface area contributed by atoms with Gasteiger partial charge in [-0.3, -0.25) is 9.89 Å². The Morgan fingerprint density at radius 3 is 2.72 bits per heavy atom. The molecule has 0 bridgehead atoms. The molecule has 0 atom stereocenters. The fraction of sp³-hybridized carbons (Fsp3) is 0.176. The van der Waals surface area contributed by atoms with Gasteiger partial charge in [0.25, 0.3) is 0 Å². The van der Waals surface area contributed by atoms with Crippen molar-refractivity contribution in [3.05, 3.63) is 63.7 Å². The highest BCUT2D eigenvalue weighted by molar-refractivity contribution is 6.42. The maximum absolute atomic E-state index is 12.5. The van der Waals surface area contributed by atoms with Gasteiger partial charge in [0.2, 0.25) is 11.6 Å². The Kier molecular flexibility index (Phi) is 4.15.